The fraction of sp³-hybridized carbons (Fsp3) is 0.457. The largest absolute Gasteiger partial charge is 0.381 e. The normalized spacial score (nSPS) is 16.2. The van der Waals surface area contributed by atoms with Gasteiger partial charge in [-0.25, -0.2) is 14.1 Å². The molecule has 9 nitrogen and oxygen atoms in total. The van der Waals surface area contributed by atoms with Gasteiger partial charge >= 0.3 is 0 Å². The van der Waals surface area contributed by atoms with Crippen molar-refractivity contribution in [1.29, 1.82) is 0 Å². The molecule has 2 aromatic carbocycles. The van der Waals surface area contributed by atoms with Gasteiger partial charge in [-0.05, 0) is 61.1 Å². The minimum atomic E-state index is -0.271. The van der Waals surface area contributed by atoms with Crippen molar-refractivity contribution < 1.29 is 13.9 Å². The SMILES string of the molecule is CCc1nc2c(cnn2CC)c(NC2CCOCC2)c1CC(=O)NCc1ccc(F)c(-c2cccc(CN3CCNCC3)c2)c1. The van der Waals surface area contributed by atoms with Crippen LogP contribution in [0.2, 0.25) is 0 Å². The number of nitrogens with one attached hydrogen (secondary N) is 3. The molecule has 10 heteroatoms. The van der Waals surface area contributed by atoms with Gasteiger partial charge in [0.2, 0.25) is 5.91 Å². The van der Waals surface area contributed by atoms with Crippen molar-refractivity contribution in [3.05, 3.63) is 76.9 Å². The molecule has 2 aromatic heterocycles. The highest BCUT2D eigenvalue weighted by molar-refractivity contribution is 5.94. The van der Waals surface area contributed by atoms with Crippen molar-refractivity contribution in [2.45, 2.75) is 65.2 Å². The van der Waals surface area contributed by atoms with Crippen LogP contribution in [0.5, 0.6) is 0 Å². The van der Waals surface area contributed by atoms with Crippen LogP contribution in [-0.2, 0) is 42.0 Å². The van der Waals surface area contributed by atoms with E-state index < -0.39 is 0 Å². The van der Waals surface area contributed by atoms with E-state index in [-0.39, 0.29) is 24.2 Å². The third-order valence-corrected chi connectivity index (χ3v) is 8.89. The average Bonchev–Trinajstić information content (AvgIpc) is 3.49. The van der Waals surface area contributed by atoms with Crippen molar-refractivity contribution >= 4 is 22.6 Å². The van der Waals surface area contributed by atoms with Gasteiger partial charge in [0.15, 0.2) is 5.65 Å². The number of pyridine rings is 1. The van der Waals surface area contributed by atoms with Crippen LogP contribution in [-0.4, -0.2) is 71.0 Å². The van der Waals surface area contributed by atoms with Gasteiger partial charge in [-0.2, -0.15) is 5.10 Å². The predicted octanol–water partition coefficient (Wildman–Crippen LogP) is 4.67. The topological polar surface area (TPSA) is 96.3 Å². The predicted molar refractivity (Wildman–Crippen MR) is 176 cm³/mol. The molecule has 0 spiro atoms. The number of anilines is 1. The Morgan fingerprint density at radius 2 is 1.91 bits per heavy atom. The van der Waals surface area contributed by atoms with Crippen LogP contribution in [0.25, 0.3) is 22.2 Å². The number of aryl methyl sites for hydroxylation is 2. The van der Waals surface area contributed by atoms with Gasteiger partial charge < -0.3 is 20.7 Å². The molecule has 1 amide bonds. The molecule has 0 aliphatic carbocycles. The lowest BCUT2D eigenvalue weighted by atomic mass is 9.99. The molecular formula is C35H44FN7O2. The van der Waals surface area contributed by atoms with E-state index in [1.54, 1.807) is 6.07 Å². The monoisotopic (exact) mass is 613 g/mol. The molecule has 2 fully saturated rings. The Morgan fingerprint density at radius 3 is 2.69 bits per heavy atom. The van der Waals surface area contributed by atoms with Crippen LogP contribution >= 0.6 is 0 Å². The minimum Gasteiger partial charge on any atom is -0.381 e. The van der Waals surface area contributed by atoms with Crippen molar-refractivity contribution in [2.24, 2.45) is 0 Å². The first-order valence-corrected chi connectivity index (χ1v) is 16.3. The van der Waals surface area contributed by atoms with Gasteiger partial charge in [0.1, 0.15) is 5.82 Å². The maximum atomic E-state index is 15.1. The molecule has 3 N–H and O–H groups in total. The van der Waals surface area contributed by atoms with Crippen LogP contribution in [0.3, 0.4) is 0 Å². The quantitative estimate of drug-likeness (QED) is 0.226. The zero-order chi connectivity index (χ0) is 31.2. The third-order valence-electron chi connectivity index (χ3n) is 8.89. The highest BCUT2D eigenvalue weighted by Gasteiger charge is 2.23. The lowest BCUT2D eigenvalue weighted by Gasteiger charge is -2.27. The first-order valence-electron chi connectivity index (χ1n) is 16.3. The summed E-state index contributed by atoms with van der Waals surface area (Å²) in [6, 6.07) is 13.5. The maximum absolute atomic E-state index is 15.1. The summed E-state index contributed by atoms with van der Waals surface area (Å²) < 4.78 is 22.6. The molecule has 0 bridgehead atoms. The molecule has 2 aliphatic rings. The first kappa shape index (κ1) is 31.1. The first-order chi connectivity index (χ1) is 22.0. The van der Waals surface area contributed by atoms with Crippen molar-refractivity contribution in [3.63, 3.8) is 0 Å². The van der Waals surface area contributed by atoms with Gasteiger partial charge in [0.25, 0.3) is 0 Å². The summed E-state index contributed by atoms with van der Waals surface area (Å²) >= 11 is 0. The Morgan fingerprint density at radius 1 is 1.09 bits per heavy atom. The Kier molecular flexibility index (Phi) is 10.0. The van der Waals surface area contributed by atoms with Gasteiger partial charge in [0, 0.05) is 81.9 Å². The van der Waals surface area contributed by atoms with Crippen LogP contribution in [0.1, 0.15) is 49.1 Å². The third kappa shape index (κ3) is 7.35. The number of ether oxygens (including phenoxy) is 1. The van der Waals surface area contributed by atoms with Gasteiger partial charge in [-0.3, -0.25) is 9.69 Å². The molecule has 0 atom stereocenters. The number of hydrogen-bond acceptors (Lipinski definition) is 7. The fourth-order valence-electron chi connectivity index (χ4n) is 6.39. The van der Waals surface area contributed by atoms with Crippen molar-refractivity contribution in [2.75, 3.05) is 44.7 Å². The average molecular weight is 614 g/mol. The van der Waals surface area contributed by atoms with Gasteiger partial charge in [0.05, 0.1) is 23.7 Å². The number of benzene rings is 2. The number of fused-ring (bicyclic) bond motifs is 1. The number of rotatable bonds is 11. The van der Waals surface area contributed by atoms with Crippen molar-refractivity contribution in [1.82, 2.24) is 30.3 Å². The van der Waals surface area contributed by atoms with E-state index in [4.69, 9.17) is 9.72 Å². The van der Waals surface area contributed by atoms with Crippen LogP contribution in [0.15, 0.2) is 48.7 Å². The number of nitrogens with zero attached hydrogens (tertiary/aromatic N) is 4. The molecule has 4 heterocycles. The summed E-state index contributed by atoms with van der Waals surface area (Å²) in [5.74, 6) is -0.375. The Labute approximate surface area is 264 Å². The lowest BCUT2D eigenvalue weighted by Crippen LogP contribution is -2.42. The van der Waals surface area contributed by atoms with E-state index in [9.17, 15) is 4.79 Å². The Balaban J connectivity index is 1.19. The summed E-state index contributed by atoms with van der Waals surface area (Å²) in [6.07, 6.45) is 4.56. The molecule has 45 heavy (non-hydrogen) atoms. The fourth-order valence-corrected chi connectivity index (χ4v) is 6.39. The van der Waals surface area contributed by atoms with E-state index in [1.165, 1.54) is 11.6 Å². The molecular weight excluding hydrogens is 569 g/mol. The molecule has 0 unspecified atom stereocenters. The molecule has 4 aromatic rings. The second-order valence-corrected chi connectivity index (χ2v) is 12.0. The molecule has 2 aliphatic heterocycles. The van der Waals surface area contributed by atoms with E-state index in [1.807, 2.05) is 29.1 Å². The molecule has 2 saturated heterocycles. The molecule has 0 saturated carbocycles. The van der Waals surface area contributed by atoms with E-state index in [0.29, 0.717) is 18.5 Å². The number of carbonyl (C=O) groups is 1. The Bertz CT molecular complexity index is 1630. The number of aromatic nitrogens is 3. The van der Waals surface area contributed by atoms with E-state index in [0.717, 1.165) is 104 Å². The summed E-state index contributed by atoms with van der Waals surface area (Å²) in [7, 11) is 0. The standard InChI is InChI=1S/C35H44FN7O2/c1-3-32-29(34(40-27-10-16-45-17-11-27)30-22-39-43(4-2)35(30)41-32)20-33(44)38-21-24-8-9-31(36)28(19-24)26-7-5-6-25(18-26)23-42-14-12-37-13-15-42/h5-9,18-19,22,27,37H,3-4,10-17,20-21,23H2,1-2H3,(H,38,44)(H,40,41). The lowest BCUT2D eigenvalue weighted by molar-refractivity contribution is -0.120. The summed E-state index contributed by atoms with van der Waals surface area (Å²) in [6.45, 7) is 11.4. The van der Waals surface area contributed by atoms with Crippen LogP contribution < -0.4 is 16.0 Å². The van der Waals surface area contributed by atoms with Crippen molar-refractivity contribution in [3.8, 4) is 11.1 Å². The minimum absolute atomic E-state index is 0.104. The second kappa shape index (κ2) is 14.5. The maximum Gasteiger partial charge on any atom is 0.224 e. The summed E-state index contributed by atoms with van der Waals surface area (Å²) in [5.41, 5.74) is 6.99. The van der Waals surface area contributed by atoms with Crippen LogP contribution in [0, 0.1) is 5.82 Å². The molecule has 6 rings (SSSR count). The second-order valence-electron chi connectivity index (χ2n) is 12.0. The smallest absolute Gasteiger partial charge is 0.224 e. The molecule has 238 valence electrons. The van der Waals surface area contributed by atoms with E-state index >= 15 is 4.39 Å². The van der Waals surface area contributed by atoms with E-state index in [2.05, 4.69) is 51.9 Å². The summed E-state index contributed by atoms with van der Waals surface area (Å²) in [5, 5.41) is 15.7. The molecule has 0 radical (unpaired) electrons. The van der Waals surface area contributed by atoms with Crippen LogP contribution in [0.4, 0.5) is 10.1 Å². The summed E-state index contributed by atoms with van der Waals surface area (Å²) in [4.78, 5) is 20.8. The highest BCUT2D eigenvalue weighted by atomic mass is 19.1. The Hall–Kier alpha value is -3.86. The number of amides is 1. The number of carbonyl (C=O) groups excluding carboxylic acids is 1. The zero-order valence-electron chi connectivity index (χ0n) is 26.4. The highest BCUT2D eigenvalue weighted by Crippen LogP contribution is 2.32. The number of halogens is 1. The van der Waals surface area contributed by atoms with Gasteiger partial charge in [-0.15, -0.1) is 0 Å². The number of hydrogen-bond donors (Lipinski definition) is 3. The zero-order valence-corrected chi connectivity index (χ0v) is 26.4. The number of piperazine rings is 1. The van der Waals surface area contributed by atoms with Gasteiger partial charge in [-0.1, -0.05) is 31.2 Å².